The number of aromatic amines is 2. The van der Waals surface area contributed by atoms with Crippen LogP contribution in [0.4, 0.5) is 0 Å². The first-order valence-corrected chi connectivity index (χ1v) is 8.91. The average molecular weight is 378 g/mol. The summed E-state index contributed by atoms with van der Waals surface area (Å²) in [6.45, 7) is 3.91. The molecule has 0 atom stereocenters. The van der Waals surface area contributed by atoms with E-state index >= 15 is 0 Å². The molecule has 0 aliphatic rings. The normalized spacial score (nSPS) is 12.4. The van der Waals surface area contributed by atoms with Crippen LogP contribution in [0.5, 0.6) is 11.5 Å². The van der Waals surface area contributed by atoms with Gasteiger partial charge >= 0.3 is 0 Å². The Balaban J connectivity index is 1.95. The molecule has 1 heterocycles. The monoisotopic (exact) mass is 378 g/mol. The topological polar surface area (TPSA) is 84.2 Å². The smallest absolute Gasteiger partial charge is 0.272 e. The molecule has 2 aromatic carbocycles. The number of ether oxygens (including phenoxy) is 2. The summed E-state index contributed by atoms with van der Waals surface area (Å²) in [5, 5.41) is 0.377. The minimum absolute atomic E-state index is 0.0866. The minimum Gasteiger partial charge on any atom is -0.497 e. The Morgan fingerprint density at radius 3 is 1.57 bits per heavy atom. The van der Waals surface area contributed by atoms with Gasteiger partial charge in [0, 0.05) is 0 Å². The lowest BCUT2D eigenvalue weighted by Gasteiger charge is -2.09. The number of nitrogens with one attached hydrogen (secondary N) is 2. The summed E-state index contributed by atoms with van der Waals surface area (Å²) in [6.07, 6.45) is 3.32. The van der Waals surface area contributed by atoms with Gasteiger partial charge in [-0.1, -0.05) is 24.3 Å². The number of H-pyrrole nitrogens is 2. The van der Waals surface area contributed by atoms with E-state index in [1.54, 1.807) is 43.5 Å². The van der Waals surface area contributed by atoms with Crippen molar-refractivity contribution in [2.45, 2.75) is 20.0 Å². The Kier molecular flexibility index (Phi) is 5.79. The van der Waals surface area contributed by atoms with Gasteiger partial charge < -0.3 is 19.4 Å². The number of hydrogen-bond donors (Lipinski definition) is 2. The van der Waals surface area contributed by atoms with E-state index in [4.69, 9.17) is 9.47 Å². The van der Waals surface area contributed by atoms with Crippen LogP contribution >= 0.6 is 0 Å². The van der Waals surface area contributed by atoms with Crippen LogP contribution in [-0.2, 0) is 0 Å². The van der Waals surface area contributed by atoms with Crippen molar-refractivity contribution in [3.63, 3.8) is 0 Å². The second-order valence-corrected chi connectivity index (χ2v) is 6.53. The molecule has 3 rings (SSSR count). The van der Waals surface area contributed by atoms with Gasteiger partial charge in [-0.15, -0.1) is 0 Å². The fourth-order valence-corrected chi connectivity index (χ4v) is 2.64. The van der Waals surface area contributed by atoms with Gasteiger partial charge in [-0.05, 0) is 61.4 Å². The third-order valence-corrected chi connectivity index (χ3v) is 3.98. The molecule has 1 aromatic heterocycles. The fraction of sp³-hybridized carbons (Fsp3) is 0.182. The maximum absolute atomic E-state index is 12.4. The summed E-state index contributed by atoms with van der Waals surface area (Å²) < 4.78 is 10.7. The molecular weight excluding hydrogens is 356 g/mol. The quantitative estimate of drug-likeness (QED) is 0.705. The van der Waals surface area contributed by atoms with Crippen molar-refractivity contribution in [1.29, 1.82) is 0 Å². The van der Waals surface area contributed by atoms with Crippen LogP contribution in [0.25, 0.3) is 12.2 Å². The molecule has 0 fully saturated rings. The molecule has 0 aliphatic carbocycles. The maximum atomic E-state index is 12.4. The van der Waals surface area contributed by atoms with E-state index in [2.05, 4.69) is 9.97 Å². The van der Waals surface area contributed by atoms with Crippen molar-refractivity contribution < 1.29 is 9.47 Å². The fourth-order valence-electron chi connectivity index (χ4n) is 2.64. The first-order valence-electron chi connectivity index (χ1n) is 8.91. The summed E-state index contributed by atoms with van der Waals surface area (Å²) in [5.74, 6) is 1.47. The summed E-state index contributed by atoms with van der Waals surface area (Å²) in [7, 11) is 1.58. The SMILES string of the molecule is COc1ccc(C=c2[nH]c(=O)c(=Cc3ccc(OC(C)C)cc3)[nH]c2=O)cc1. The van der Waals surface area contributed by atoms with Crippen LogP contribution in [0, 0.1) is 0 Å². The number of rotatable bonds is 5. The summed E-state index contributed by atoms with van der Waals surface area (Å²) in [4.78, 5) is 30.0. The number of aromatic nitrogens is 2. The Bertz CT molecular complexity index is 1170. The summed E-state index contributed by atoms with van der Waals surface area (Å²) in [5.41, 5.74) is 0.812. The minimum atomic E-state index is -0.374. The molecule has 0 spiro atoms. The number of methoxy groups -OCH3 is 1. The largest absolute Gasteiger partial charge is 0.497 e. The molecule has 0 aliphatic heterocycles. The molecule has 0 saturated heterocycles. The van der Waals surface area contributed by atoms with Crippen LogP contribution in [0.3, 0.4) is 0 Å². The molecule has 2 N–H and O–H groups in total. The highest BCUT2D eigenvalue weighted by Crippen LogP contribution is 2.14. The molecule has 0 unspecified atom stereocenters. The lowest BCUT2D eigenvalue weighted by Crippen LogP contribution is -2.46. The second-order valence-electron chi connectivity index (χ2n) is 6.53. The first kappa shape index (κ1) is 19.2. The van der Waals surface area contributed by atoms with Gasteiger partial charge in [0.1, 0.15) is 22.2 Å². The summed E-state index contributed by atoms with van der Waals surface area (Å²) in [6, 6.07) is 14.5. The van der Waals surface area contributed by atoms with Crippen molar-refractivity contribution in [2.75, 3.05) is 7.11 Å². The van der Waals surface area contributed by atoms with E-state index in [-0.39, 0.29) is 27.9 Å². The van der Waals surface area contributed by atoms with Gasteiger partial charge in [0.05, 0.1) is 13.2 Å². The molecule has 3 aromatic rings. The summed E-state index contributed by atoms with van der Waals surface area (Å²) >= 11 is 0. The second kappa shape index (κ2) is 8.43. The van der Waals surface area contributed by atoms with Gasteiger partial charge in [-0.2, -0.15) is 0 Å². The lowest BCUT2D eigenvalue weighted by molar-refractivity contribution is 0.242. The Morgan fingerprint density at radius 2 is 1.18 bits per heavy atom. The van der Waals surface area contributed by atoms with E-state index in [0.29, 0.717) is 5.75 Å². The molecule has 0 radical (unpaired) electrons. The molecular formula is C22H22N2O4. The van der Waals surface area contributed by atoms with Gasteiger partial charge in [0.15, 0.2) is 0 Å². The van der Waals surface area contributed by atoms with E-state index < -0.39 is 0 Å². The van der Waals surface area contributed by atoms with E-state index in [1.807, 2.05) is 38.1 Å². The highest BCUT2D eigenvalue weighted by molar-refractivity contribution is 5.51. The average Bonchev–Trinajstić information content (AvgIpc) is 2.67. The zero-order chi connectivity index (χ0) is 20.1. The van der Waals surface area contributed by atoms with Crippen LogP contribution in [0.2, 0.25) is 0 Å². The zero-order valence-electron chi connectivity index (χ0n) is 16.0. The van der Waals surface area contributed by atoms with Crippen molar-refractivity contribution in [2.24, 2.45) is 0 Å². The van der Waals surface area contributed by atoms with Gasteiger partial charge in [-0.3, -0.25) is 9.59 Å². The molecule has 0 bridgehead atoms. The van der Waals surface area contributed by atoms with Crippen LogP contribution in [-0.4, -0.2) is 23.2 Å². The number of benzene rings is 2. The Hall–Kier alpha value is -3.54. The first-order chi connectivity index (χ1) is 13.4. The third-order valence-electron chi connectivity index (χ3n) is 3.98. The van der Waals surface area contributed by atoms with Gasteiger partial charge in [0.25, 0.3) is 11.1 Å². The predicted molar refractivity (Wildman–Crippen MR) is 109 cm³/mol. The highest BCUT2D eigenvalue weighted by Gasteiger charge is 2.00. The van der Waals surface area contributed by atoms with E-state index in [0.717, 1.165) is 16.9 Å². The lowest BCUT2D eigenvalue weighted by atomic mass is 10.2. The molecule has 0 saturated carbocycles. The Morgan fingerprint density at radius 1 is 0.750 bits per heavy atom. The van der Waals surface area contributed by atoms with Crippen molar-refractivity contribution in [3.05, 3.63) is 91.1 Å². The third kappa shape index (κ3) is 4.79. The van der Waals surface area contributed by atoms with Crippen LogP contribution in [0.15, 0.2) is 58.1 Å². The molecule has 144 valence electrons. The van der Waals surface area contributed by atoms with Crippen molar-refractivity contribution in [1.82, 2.24) is 9.97 Å². The molecule has 0 amide bonds. The van der Waals surface area contributed by atoms with Crippen LogP contribution < -0.4 is 31.3 Å². The van der Waals surface area contributed by atoms with E-state index in [1.165, 1.54) is 0 Å². The Labute approximate surface area is 161 Å². The molecule has 6 heteroatoms. The highest BCUT2D eigenvalue weighted by atomic mass is 16.5. The van der Waals surface area contributed by atoms with Gasteiger partial charge in [-0.25, -0.2) is 0 Å². The molecule has 6 nitrogen and oxygen atoms in total. The standard InChI is InChI=1S/C22H22N2O4/c1-14(2)28-18-10-6-16(7-11-18)13-20-22(26)23-19(21(25)24-20)12-15-4-8-17(27-3)9-5-15/h4-14H,1-3H3,(H,23,26)(H,24,25). The maximum Gasteiger partial charge on any atom is 0.272 e. The van der Waals surface area contributed by atoms with Gasteiger partial charge in [0.2, 0.25) is 0 Å². The predicted octanol–water partition coefficient (Wildman–Crippen LogP) is 1.52. The van der Waals surface area contributed by atoms with Crippen molar-refractivity contribution in [3.8, 4) is 11.5 Å². The van der Waals surface area contributed by atoms with Crippen LogP contribution in [0.1, 0.15) is 25.0 Å². The zero-order valence-corrected chi connectivity index (χ0v) is 16.0. The van der Waals surface area contributed by atoms with E-state index in [9.17, 15) is 9.59 Å². The number of hydrogen-bond acceptors (Lipinski definition) is 4. The van der Waals surface area contributed by atoms with Crippen molar-refractivity contribution >= 4 is 12.2 Å². The molecule has 28 heavy (non-hydrogen) atoms.